The highest BCUT2D eigenvalue weighted by Crippen LogP contribution is 2.66. The number of amides is 1. The normalized spacial score (nSPS) is 38.1. The van der Waals surface area contributed by atoms with Gasteiger partial charge in [0.1, 0.15) is 5.71 Å². The molecule has 7 heteroatoms. The van der Waals surface area contributed by atoms with Crippen molar-refractivity contribution in [2.75, 3.05) is 6.61 Å². The van der Waals surface area contributed by atoms with Crippen molar-refractivity contribution < 1.29 is 24.6 Å². The summed E-state index contributed by atoms with van der Waals surface area (Å²) < 4.78 is 0. The molecule has 0 heterocycles. The van der Waals surface area contributed by atoms with Crippen LogP contribution in [-0.4, -0.2) is 40.0 Å². The van der Waals surface area contributed by atoms with Gasteiger partial charge >= 0.3 is 5.97 Å². The van der Waals surface area contributed by atoms with Crippen LogP contribution in [0.4, 0.5) is 0 Å². The number of fused-ring (bicyclic) bond motifs is 5. The number of nitrogens with zero attached hydrogens (tertiary/aromatic N) is 1. The molecule has 0 saturated heterocycles. The van der Waals surface area contributed by atoms with E-state index in [1.165, 1.54) is 5.57 Å². The standard InChI is InChI=1S/C30H38N2O5/c1-28-14-11-21(32-37-18-25(33)31-26(27(34)35)19-7-5-4-6-8-19)17-20(28)9-10-22-23(28)12-15-29(2)24(22)13-16-30(29,3)36/h4-8,11,14,17,22-24,26,36H,9-10,12-13,15-16,18H2,1-3H3,(H,31,33)(H,34,35)/t22-,23-,24+,26+,28+,29+,30+/m1/s1. The SMILES string of the molecule is C[C@]12C=CC(=NOCC(=O)N[C@H](C(=O)O)c3ccccc3)C=C1CC[C@@H]1[C@H]2CC[C@@]2(C)[C@H]1CC[C@]2(C)O. The summed E-state index contributed by atoms with van der Waals surface area (Å²) in [5, 5.41) is 27.3. The van der Waals surface area contributed by atoms with Crippen molar-refractivity contribution >= 4 is 17.6 Å². The van der Waals surface area contributed by atoms with Gasteiger partial charge in [0, 0.05) is 5.41 Å². The molecule has 0 bridgehead atoms. The lowest BCUT2D eigenvalue weighted by Crippen LogP contribution is -2.53. The van der Waals surface area contributed by atoms with Crippen molar-refractivity contribution in [3.05, 3.63) is 59.7 Å². The molecule has 3 fully saturated rings. The highest BCUT2D eigenvalue weighted by atomic mass is 16.6. The second-order valence-corrected chi connectivity index (χ2v) is 12.0. The molecule has 3 saturated carbocycles. The van der Waals surface area contributed by atoms with Crippen molar-refractivity contribution in [2.45, 2.75) is 70.9 Å². The van der Waals surface area contributed by atoms with Gasteiger partial charge in [0.25, 0.3) is 5.91 Å². The molecule has 7 atom stereocenters. The summed E-state index contributed by atoms with van der Waals surface area (Å²) in [5.74, 6) is 0.0520. The van der Waals surface area contributed by atoms with Crippen LogP contribution >= 0.6 is 0 Å². The molecule has 4 aliphatic carbocycles. The molecule has 3 N–H and O–H groups in total. The van der Waals surface area contributed by atoms with Gasteiger partial charge in [-0.1, -0.05) is 61.0 Å². The van der Waals surface area contributed by atoms with Gasteiger partial charge in [0.15, 0.2) is 12.6 Å². The van der Waals surface area contributed by atoms with Crippen LogP contribution < -0.4 is 5.32 Å². The predicted octanol–water partition coefficient (Wildman–Crippen LogP) is 4.79. The fraction of sp³-hybridized carbons (Fsp3) is 0.567. The first-order valence-electron chi connectivity index (χ1n) is 13.4. The number of carboxylic acid groups (broad SMARTS) is 1. The molecule has 4 aliphatic rings. The van der Waals surface area contributed by atoms with Gasteiger partial charge in [0.2, 0.25) is 0 Å². The summed E-state index contributed by atoms with van der Waals surface area (Å²) >= 11 is 0. The Hall–Kier alpha value is -2.93. The molecule has 198 valence electrons. The topological polar surface area (TPSA) is 108 Å². The number of hydrogen-bond donors (Lipinski definition) is 3. The van der Waals surface area contributed by atoms with E-state index in [9.17, 15) is 19.8 Å². The number of aliphatic hydroxyl groups is 1. The summed E-state index contributed by atoms with van der Waals surface area (Å²) in [6, 6.07) is 7.43. The lowest BCUT2D eigenvalue weighted by Gasteiger charge is -2.58. The number of nitrogens with one attached hydrogen (secondary N) is 1. The zero-order valence-electron chi connectivity index (χ0n) is 21.9. The number of rotatable bonds is 6. The minimum absolute atomic E-state index is 0.00527. The lowest BCUT2D eigenvalue weighted by atomic mass is 9.47. The minimum Gasteiger partial charge on any atom is -0.479 e. The molecule has 0 spiro atoms. The first-order valence-corrected chi connectivity index (χ1v) is 13.4. The maximum atomic E-state index is 12.4. The van der Waals surface area contributed by atoms with Crippen molar-refractivity contribution in [3.8, 4) is 0 Å². The third-order valence-corrected chi connectivity index (χ3v) is 10.2. The molecule has 1 amide bonds. The van der Waals surface area contributed by atoms with E-state index in [0.29, 0.717) is 29.0 Å². The van der Waals surface area contributed by atoms with Gasteiger partial charge in [-0.3, -0.25) is 4.79 Å². The fourth-order valence-electron chi connectivity index (χ4n) is 7.81. The highest BCUT2D eigenvalue weighted by Gasteiger charge is 2.61. The number of allylic oxidation sites excluding steroid dienone is 4. The average molecular weight is 507 g/mol. The smallest absolute Gasteiger partial charge is 0.330 e. The Labute approximate surface area is 218 Å². The van der Waals surface area contributed by atoms with Crippen molar-refractivity contribution in [1.29, 1.82) is 0 Å². The van der Waals surface area contributed by atoms with Crippen molar-refractivity contribution in [2.24, 2.45) is 33.7 Å². The Balaban J connectivity index is 1.22. The maximum Gasteiger partial charge on any atom is 0.330 e. The minimum atomic E-state index is -1.14. The van der Waals surface area contributed by atoms with E-state index in [-0.39, 0.29) is 17.4 Å². The Morgan fingerprint density at radius 1 is 1.11 bits per heavy atom. The van der Waals surface area contributed by atoms with Gasteiger partial charge in [-0.2, -0.15) is 0 Å². The Bertz CT molecular complexity index is 1160. The predicted molar refractivity (Wildman–Crippen MR) is 141 cm³/mol. The molecule has 37 heavy (non-hydrogen) atoms. The van der Waals surface area contributed by atoms with Crippen LogP contribution in [0, 0.1) is 28.6 Å². The molecule has 1 aromatic rings. The monoisotopic (exact) mass is 506 g/mol. The summed E-state index contributed by atoms with van der Waals surface area (Å²) in [4.78, 5) is 29.3. The zero-order valence-corrected chi connectivity index (χ0v) is 21.9. The molecule has 0 radical (unpaired) electrons. The summed E-state index contributed by atoms with van der Waals surface area (Å²) in [5.41, 5.74) is 1.92. The Kier molecular flexibility index (Phi) is 6.55. The summed E-state index contributed by atoms with van der Waals surface area (Å²) in [6.45, 7) is 6.32. The summed E-state index contributed by atoms with van der Waals surface area (Å²) in [7, 11) is 0. The van der Waals surface area contributed by atoms with E-state index in [1.807, 2.05) is 13.0 Å². The molecular weight excluding hydrogens is 468 g/mol. The average Bonchev–Trinajstić information content (AvgIpc) is 3.11. The largest absolute Gasteiger partial charge is 0.479 e. The van der Waals surface area contributed by atoms with E-state index in [4.69, 9.17) is 4.84 Å². The van der Waals surface area contributed by atoms with E-state index in [1.54, 1.807) is 30.3 Å². The third kappa shape index (κ3) is 4.41. The maximum absolute atomic E-state index is 12.4. The number of aliphatic carboxylic acids is 1. The zero-order chi connectivity index (χ0) is 26.4. The van der Waals surface area contributed by atoms with Gasteiger partial charge in [-0.05, 0) is 86.3 Å². The number of benzene rings is 1. The number of hydrogen-bond acceptors (Lipinski definition) is 5. The van der Waals surface area contributed by atoms with Crippen LogP contribution in [0.2, 0.25) is 0 Å². The molecular formula is C30H38N2O5. The molecule has 7 nitrogen and oxygen atoms in total. The van der Waals surface area contributed by atoms with Crippen LogP contribution in [0.15, 0.2) is 59.3 Å². The van der Waals surface area contributed by atoms with Crippen LogP contribution in [0.5, 0.6) is 0 Å². The molecule has 0 aliphatic heterocycles. The number of oxime groups is 1. The quantitative estimate of drug-likeness (QED) is 0.481. The molecule has 5 rings (SSSR count). The van der Waals surface area contributed by atoms with Gasteiger partial charge < -0.3 is 20.4 Å². The van der Waals surface area contributed by atoms with E-state index < -0.39 is 23.5 Å². The number of carbonyl (C=O) groups is 2. The van der Waals surface area contributed by atoms with E-state index in [2.05, 4.69) is 36.5 Å². The molecule has 0 aromatic heterocycles. The van der Waals surface area contributed by atoms with Gasteiger partial charge in [-0.15, -0.1) is 0 Å². The number of carbonyl (C=O) groups excluding carboxylic acids is 1. The lowest BCUT2D eigenvalue weighted by molar-refractivity contribution is -0.142. The van der Waals surface area contributed by atoms with Gasteiger partial charge in [0.05, 0.1) is 5.60 Å². The highest BCUT2D eigenvalue weighted by molar-refractivity contribution is 6.05. The third-order valence-electron chi connectivity index (χ3n) is 10.2. The Morgan fingerprint density at radius 3 is 2.57 bits per heavy atom. The van der Waals surface area contributed by atoms with Crippen molar-refractivity contribution in [3.63, 3.8) is 0 Å². The second-order valence-electron chi connectivity index (χ2n) is 12.0. The van der Waals surface area contributed by atoms with Crippen LogP contribution in [0.25, 0.3) is 0 Å². The first-order chi connectivity index (χ1) is 17.5. The second kappa shape index (κ2) is 9.43. The van der Waals surface area contributed by atoms with Crippen LogP contribution in [0.1, 0.15) is 70.9 Å². The summed E-state index contributed by atoms with van der Waals surface area (Å²) in [6.07, 6.45) is 12.6. The van der Waals surface area contributed by atoms with Gasteiger partial charge in [-0.25, -0.2) is 4.79 Å². The van der Waals surface area contributed by atoms with Crippen molar-refractivity contribution in [1.82, 2.24) is 5.32 Å². The molecule has 0 unspecified atom stereocenters. The fourth-order valence-corrected chi connectivity index (χ4v) is 7.81. The van der Waals surface area contributed by atoms with Crippen LogP contribution in [-0.2, 0) is 14.4 Å². The van der Waals surface area contributed by atoms with E-state index >= 15 is 0 Å². The first kappa shape index (κ1) is 25.7. The van der Waals surface area contributed by atoms with Crippen LogP contribution in [0.3, 0.4) is 0 Å². The number of carboxylic acids is 1. The van der Waals surface area contributed by atoms with E-state index in [0.717, 1.165) is 38.5 Å². The molecule has 1 aromatic carbocycles. The Morgan fingerprint density at radius 2 is 1.84 bits per heavy atom.